The van der Waals surface area contributed by atoms with Crippen molar-refractivity contribution in [2.24, 2.45) is 0 Å². The Kier molecular flexibility index (Phi) is 6.58. The fraction of sp³-hybridized carbons (Fsp3) is 0.192. The molecule has 1 saturated carbocycles. The number of rotatable bonds is 9. The van der Waals surface area contributed by atoms with Crippen molar-refractivity contribution in [1.29, 1.82) is 0 Å². The number of nitrogens with zero attached hydrogens (tertiary/aromatic N) is 3. The van der Waals surface area contributed by atoms with E-state index < -0.39 is 11.1 Å². The smallest absolute Gasteiger partial charge is 0.238 e. The lowest BCUT2D eigenvalue weighted by atomic mass is 10.1. The summed E-state index contributed by atoms with van der Waals surface area (Å²) >= 11 is 1.33. The number of thioether (sulfide) groups is 1. The largest absolute Gasteiger partial charge is 0.483 e. The molecule has 0 spiro atoms. The summed E-state index contributed by atoms with van der Waals surface area (Å²) in [6, 6.07) is 25.8. The maximum absolute atomic E-state index is 14.1. The van der Waals surface area contributed by atoms with E-state index in [1.807, 2.05) is 65.2 Å². The van der Waals surface area contributed by atoms with Crippen LogP contribution in [0.4, 0.5) is 4.39 Å². The minimum Gasteiger partial charge on any atom is -0.483 e. The lowest BCUT2D eigenvalue weighted by Gasteiger charge is -2.17. The zero-order valence-electron chi connectivity index (χ0n) is 18.3. The van der Waals surface area contributed by atoms with E-state index in [0.29, 0.717) is 11.0 Å². The average molecular weight is 475 g/mol. The highest BCUT2D eigenvalue weighted by molar-refractivity contribution is 8.00. The van der Waals surface area contributed by atoms with E-state index in [9.17, 15) is 9.18 Å². The summed E-state index contributed by atoms with van der Waals surface area (Å²) in [6.07, 6.45) is 2.02. The molecule has 8 heteroatoms. The predicted octanol–water partition coefficient (Wildman–Crippen LogP) is 5.10. The van der Waals surface area contributed by atoms with Gasteiger partial charge >= 0.3 is 0 Å². The standard InChI is InChI=1S/C26H23FN4O2S/c27-21-13-7-8-14-22(21)33-17-23-29-30-26(31(23)20-11-5-2-6-12-20)34-24(18-9-3-1-4-10-18)25(32)28-19-15-16-19/h1-14,19,24H,15-17H2,(H,28,32). The normalized spacial score (nSPS) is 13.9. The highest BCUT2D eigenvalue weighted by atomic mass is 32.2. The van der Waals surface area contributed by atoms with Crippen molar-refractivity contribution in [3.63, 3.8) is 0 Å². The van der Waals surface area contributed by atoms with Crippen molar-refractivity contribution in [2.45, 2.75) is 35.9 Å². The second-order valence-corrected chi connectivity index (χ2v) is 9.05. The van der Waals surface area contributed by atoms with Crippen LogP contribution in [-0.2, 0) is 11.4 Å². The van der Waals surface area contributed by atoms with Gasteiger partial charge in [-0.25, -0.2) is 4.39 Å². The molecule has 6 nitrogen and oxygen atoms in total. The molecule has 3 aromatic carbocycles. The molecule has 4 aromatic rings. The van der Waals surface area contributed by atoms with Gasteiger partial charge in [0.1, 0.15) is 11.9 Å². The number of benzene rings is 3. The van der Waals surface area contributed by atoms with E-state index in [4.69, 9.17) is 4.74 Å². The average Bonchev–Trinajstić information content (AvgIpc) is 3.60. The molecule has 1 aromatic heterocycles. The molecule has 34 heavy (non-hydrogen) atoms. The fourth-order valence-corrected chi connectivity index (χ4v) is 4.60. The van der Waals surface area contributed by atoms with Gasteiger partial charge in [0, 0.05) is 11.7 Å². The highest BCUT2D eigenvalue weighted by Crippen LogP contribution is 2.37. The topological polar surface area (TPSA) is 69.0 Å². The van der Waals surface area contributed by atoms with Crippen LogP contribution in [0.5, 0.6) is 5.75 Å². The van der Waals surface area contributed by atoms with E-state index in [1.54, 1.807) is 18.2 Å². The number of nitrogens with one attached hydrogen (secondary N) is 1. The van der Waals surface area contributed by atoms with Crippen LogP contribution in [0.2, 0.25) is 0 Å². The molecule has 0 aliphatic heterocycles. The molecule has 1 atom stereocenters. The van der Waals surface area contributed by atoms with E-state index in [0.717, 1.165) is 24.1 Å². The molecule has 1 aliphatic rings. The molecule has 172 valence electrons. The minimum absolute atomic E-state index is 0.0215. The van der Waals surface area contributed by atoms with Gasteiger partial charge in [-0.2, -0.15) is 0 Å². The van der Waals surface area contributed by atoms with Gasteiger partial charge < -0.3 is 10.1 Å². The van der Waals surface area contributed by atoms with Gasteiger partial charge in [0.25, 0.3) is 0 Å². The van der Waals surface area contributed by atoms with Crippen molar-refractivity contribution in [1.82, 2.24) is 20.1 Å². The minimum atomic E-state index is -0.492. The van der Waals surface area contributed by atoms with E-state index in [1.165, 1.54) is 17.8 Å². The van der Waals surface area contributed by atoms with Gasteiger partial charge in [0.15, 0.2) is 22.5 Å². The maximum Gasteiger partial charge on any atom is 0.238 e. The number of hydrogen-bond acceptors (Lipinski definition) is 5. The number of aromatic nitrogens is 3. The summed E-state index contributed by atoms with van der Waals surface area (Å²) in [6.45, 7) is 0.0215. The number of carbonyl (C=O) groups is 1. The predicted molar refractivity (Wildman–Crippen MR) is 128 cm³/mol. The summed E-state index contributed by atoms with van der Waals surface area (Å²) in [5.74, 6) is 0.158. The molecule has 1 fully saturated rings. The van der Waals surface area contributed by atoms with Crippen LogP contribution in [0, 0.1) is 5.82 Å². The third-order valence-electron chi connectivity index (χ3n) is 5.40. The lowest BCUT2D eigenvalue weighted by molar-refractivity contribution is -0.120. The number of amides is 1. The zero-order valence-corrected chi connectivity index (χ0v) is 19.1. The quantitative estimate of drug-likeness (QED) is 0.342. The summed E-state index contributed by atoms with van der Waals surface area (Å²) in [7, 11) is 0. The zero-order chi connectivity index (χ0) is 23.3. The molecule has 1 N–H and O–H groups in total. The van der Waals surface area contributed by atoms with Crippen molar-refractivity contribution in [3.8, 4) is 11.4 Å². The highest BCUT2D eigenvalue weighted by Gasteiger charge is 2.31. The first-order valence-electron chi connectivity index (χ1n) is 11.1. The first-order chi connectivity index (χ1) is 16.7. The Labute approximate surface area is 201 Å². The third-order valence-corrected chi connectivity index (χ3v) is 6.59. The summed E-state index contributed by atoms with van der Waals surface area (Å²) in [5, 5.41) is 11.9. The number of halogens is 1. The van der Waals surface area contributed by atoms with Crippen LogP contribution in [0.15, 0.2) is 90.1 Å². The van der Waals surface area contributed by atoms with Crippen LogP contribution in [-0.4, -0.2) is 26.7 Å². The Hall–Kier alpha value is -3.65. The molecular formula is C26H23FN4O2S. The lowest BCUT2D eigenvalue weighted by Crippen LogP contribution is -2.30. The summed E-state index contributed by atoms with van der Waals surface area (Å²) in [5.41, 5.74) is 1.72. The number of carbonyl (C=O) groups excluding carboxylic acids is 1. The maximum atomic E-state index is 14.1. The Morgan fingerprint density at radius 2 is 1.68 bits per heavy atom. The van der Waals surface area contributed by atoms with Crippen molar-refractivity contribution in [2.75, 3.05) is 0 Å². The third kappa shape index (κ3) is 5.12. The molecule has 0 bridgehead atoms. The molecular weight excluding hydrogens is 451 g/mol. The van der Waals surface area contributed by atoms with Gasteiger partial charge in [-0.15, -0.1) is 10.2 Å². The van der Waals surface area contributed by atoms with Crippen LogP contribution in [0.3, 0.4) is 0 Å². The van der Waals surface area contributed by atoms with Crippen LogP contribution in [0.1, 0.15) is 29.5 Å². The Morgan fingerprint density at radius 1 is 1.00 bits per heavy atom. The molecule has 1 unspecified atom stereocenters. The molecule has 1 heterocycles. The molecule has 0 saturated heterocycles. The second kappa shape index (κ2) is 10.1. The van der Waals surface area contributed by atoms with Gasteiger partial charge in [-0.3, -0.25) is 9.36 Å². The first-order valence-corrected chi connectivity index (χ1v) is 12.0. The van der Waals surface area contributed by atoms with Gasteiger partial charge in [-0.05, 0) is 42.7 Å². The second-order valence-electron chi connectivity index (χ2n) is 7.98. The van der Waals surface area contributed by atoms with Gasteiger partial charge in [-0.1, -0.05) is 72.4 Å². The molecule has 1 amide bonds. The Bertz CT molecular complexity index is 1260. The molecule has 5 rings (SSSR count). The summed E-state index contributed by atoms with van der Waals surface area (Å²) in [4.78, 5) is 13.1. The van der Waals surface area contributed by atoms with Crippen molar-refractivity contribution in [3.05, 3.63) is 102 Å². The number of para-hydroxylation sites is 2. The van der Waals surface area contributed by atoms with Crippen LogP contribution < -0.4 is 10.1 Å². The van der Waals surface area contributed by atoms with Crippen LogP contribution in [0.25, 0.3) is 5.69 Å². The van der Waals surface area contributed by atoms with E-state index in [2.05, 4.69) is 15.5 Å². The molecule has 0 radical (unpaired) electrons. The van der Waals surface area contributed by atoms with Crippen LogP contribution >= 0.6 is 11.8 Å². The van der Waals surface area contributed by atoms with E-state index >= 15 is 0 Å². The Balaban J connectivity index is 1.47. The first kappa shape index (κ1) is 22.2. The van der Waals surface area contributed by atoms with E-state index in [-0.39, 0.29) is 24.3 Å². The van der Waals surface area contributed by atoms with Crippen molar-refractivity contribution >= 4 is 17.7 Å². The van der Waals surface area contributed by atoms with Gasteiger partial charge in [0.2, 0.25) is 5.91 Å². The summed E-state index contributed by atoms with van der Waals surface area (Å²) < 4.78 is 21.6. The number of hydrogen-bond donors (Lipinski definition) is 1. The SMILES string of the molecule is O=C(NC1CC1)C(Sc1nnc(COc2ccccc2F)n1-c1ccccc1)c1ccccc1. The molecule has 1 aliphatic carbocycles. The number of ether oxygens (including phenoxy) is 1. The Morgan fingerprint density at radius 3 is 2.38 bits per heavy atom. The fourth-order valence-electron chi connectivity index (χ4n) is 3.52. The van der Waals surface area contributed by atoms with Gasteiger partial charge in [0.05, 0.1) is 0 Å². The van der Waals surface area contributed by atoms with Crippen molar-refractivity contribution < 1.29 is 13.9 Å². The monoisotopic (exact) mass is 474 g/mol.